The number of nitrogens with one attached hydrogen (secondary N) is 2. The molecule has 2 heterocycles. The van der Waals surface area contributed by atoms with Gasteiger partial charge in [-0.25, -0.2) is 9.78 Å². The molecule has 152 valence electrons. The minimum Gasteiger partial charge on any atom is -0.480 e. The van der Waals surface area contributed by atoms with Crippen LogP contribution in [0.1, 0.15) is 27.5 Å². The van der Waals surface area contributed by atoms with Crippen molar-refractivity contribution in [2.24, 2.45) is 0 Å². The van der Waals surface area contributed by atoms with E-state index in [0.717, 1.165) is 22.2 Å². The number of carboxylic acid groups (broad SMARTS) is 1. The van der Waals surface area contributed by atoms with Crippen LogP contribution < -0.4 is 5.32 Å². The first kappa shape index (κ1) is 19.4. The van der Waals surface area contributed by atoms with Gasteiger partial charge in [-0.15, -0.1) is 0 Å². The van der Waals surface area contributed by atoms with Gasteiger partial charge in [-0.05, 0) is 32.0 Å². The second kappa shape index (κ2) is 7.87. The summed E-state index contributed by atoms with van der Waals surface area (Å²) in [6, 6.07) is 15.7. The number of carbonyl (C=O) groups excluding carboxylic acids is 1. The van der Waals surface area contributed by atoms with Gasteiger partial charge in [0.2, 0.25) is 0 Å². The van der Waals surface area contributed by atoms with E-state index in [1.807, 2.05) is 55.5 Å². The third-order valence-electron chi connectivity index (χ3n) is 4.94. The molecule has 7 nitrogen and oxygen atoms in total. The maximum absolute atomic E-state index is 12.8. The van der Waals surface area contributed by atoms with Crippen LogP contribution in [0.4, 0.5) is 0 Å². The van der Waals surface area contributed by atoms with Crippen LogP contribution in [-0.2, 0) is 11.2 Å². The molecule has 30 heavy (non-hydrogen) atoms. The maximum Gasteiger partial charge on any atom is 0.326 e. The van der Waals surface area contributed by atoms with Gasteiger partial charge in [-0.2, -0.15) is 0 Å². The standard InChI is InChI=1S/C23H21N3O4/c1-13-7-9-15(10-8-13)20-11-16(14(2)30-20)22(27)26-19(23(28)29)12-21-24-17-5-3-4-6-18(17)25-21/h3-11,19H,12H2,1-2H3,(H,24,25)(H,26,27)(H,28,29)/t19-/m1/s1. The number of hydrogen-bond acceptors (Lipinski definition) is 4. The maximum atomic E-state index is 12.8. The lowest BCUT2D eigenvalue weighted by atomic mass is 10.1. The van der Waals surface area contributed by atoms with Gasteiger partial charge in [0.15, 0.2) is 0 Å². The summed E-state index contributed by atoms with van der Waals surface area (Å²) in [5.74, 6) is -0.159. The van der Waals surface area contributed by atoms with Crippen LogP contribution >= 0.6 is 0 Å². The van der Waals surface area contributed by atoms with Crippen LogP contribution in [0.25, 0.3) is 22.4 Å². The van der Waals surface area contributed by atoms with Crippen LogP contribution in [0.3, 0.4) is 0 Å². The highest BCUT2D eigenvalue weighted by molar-refractivity contribution is 5.98. The minimum absolute atomic E-state index is 0.0392. The lowest BCUT2D eigenvalue weighted by Gasteiger charge is -2.12. The van der Waals surface area contributed by atoms with Crippen molar-refractivity contribution < 1.29 is 19.1 Å². The number of amides is 1. The number of H-pyrrole nitrogens is 1. The number of carboxylic acids is 1. The number of aromatic nitrogens is 2. The predicted molar refractivity (Wildman–Crippen MR) is 112 cm³/mol. The van der Waals surface area contributed by atoms with E-state index in [2.05, 4.69) is 15.3 Å². The molecule has 0 aliphatic rings. The Balaban J connectivity index is 1.53. The van der Waals surface area contributed by atoms with Crippen LogP contribution in [0, 0.1) is 13.8 Å². The third-order valence-corrected chi connectivity index (χ3v) is 4.94. The molecule has 0 unspecified atom stereocenters. The molecule has 0 fully saturated rings. The Hall–Kier alpha value is -3.87. The van der Waals surface area contributed by atoms with Crippen molar-refractivity contribution in [2.75, 3.05) is 0 Å². The molecule has 0 aliphatic carbocycles. The summed E-state index contributed by atoms with van der Waals surface area (Å²) in [6.07, 6.45) is 0.0392. The summed E-state index contributed by atoms with van der Waals surface area (Å²) in [5, 5.41) is 12.2. The van der Waals surface area contributed by atoms with Gasteiger partial charge < -0.3 is 19.8 Å². The summed E-state index contributed by atoms with van der Waals surface area (Å²) < 4.78 is 5.74. The highest BCUT2D eigenvalue weighted by atomic mass is 16.4. The molecule has 0 radical (unpaired) electrons. The van der Waals surface area contributed by atoms with Crippen molar-refractivity contribution in [3.8, 4) is 11.3 Å². The van der Waals surface area contributed by atoms with Crippen molar-refractivity contribution in [2.45, 2.75) is 26.3 Å². The molecular formula is C23H21N3O4. The summed E-state index contributed by atoms with van der Waals surface area (Å²) in [4.78, 5) is 32.0. The molecule has 1 atom stereocenters. The van der Waals surface area contributed by atoms with Gasteiger partial charge >= 0.3 is 5.97 Å². The molecule has 0 saturated heterocycles. The zero-order valence-corrected chi connectivity index (χ0v) is 16.6. The van der Waals surface area contributed by atoms with E-state index in [1.54, 1.807) is 13.0 Å². The van der Waals surface area contributed by atoms with Crippen molar-refractivity contribution in [3.05, 3.63) is 77.3 Å². The Morgan fingerprint density at radius 2 is 1.87 bits per heavy atom. The number of aromatic amines is 1. The molecule has 0 aliphatic heterocycles. The number of imidazole rings is 1. The van der Waals surface area contributed by atoms with E-state index in [9.17, 15) is 14.7 Å². The number of benzene rings is 2. The largest absolute Gasteiger partial charge is 0.480 e. The second-order valence-corrected chi connectivity index (χ2v) is 7.22. The Bertz CT molecular complexity index is 1190. The zero-order chi connectivity index (χ0) is 21.3. The fourth-order valence-electron chi connectivity index (χ4n) is 3.30. The number of aryl methyl sites for hydroxylation is 2. The zero-order valence-electron chi connectivity index (χ0n) is 16.6. The highest BCUT2D eigenvalue weighted by Gasteiger charge is 2.25. The molecule has 4 aromatic rings. The number of furan rings is 1. The Morgan fingerprint density at radius 3 is 2.57 bits per heavy atom. The first-order valence-electron chi connectivity index (χ1n) is 9.55. The summed E-state index contributed by atoms with van der Waals surface area (Å²) in [6.45, 7) is 3.67. The van der Waals surface area contributed by atoms with Gasteiger partial charge in [0, 0.05) is 12.0 Å². The van der Waals surface area contributed by atoms with E-state index in [-0.39, 0.29) is 6.42 Å². The third kappa shape index (κ3) is 3.96. The smallest absolute Gasteiger partial charge is 0.326 e. The van der Waals surface area contributed by atoms with Gasteiger partial charge in [0.25, 0.3) is 5.91 Å². The average molecular weight is 403 g/mol. The molecular weight excluding hydrogens is 382 g/mol. The molecule has 1 amide bonds. The predicted octanol–water partition coefficient (Wildman–Crippen LogP) is 3.87. The van der Waals surface area contributed by atoms with Crippen molar-refractivity contribution in [1.82, 2.24) is 15.3 Å². The van der Waals surface area contributed by atoms with E-state index in [4.69, 9.17) is 4.42 Å². The average Bonchev–Trinajstić information content (AvgIpc) is 3.30. The second-order valence-electron chi connectivity index (χ2n) is 7.22. The minimum atomic E-state index is -1.14. The molecule has 4 rings (SSSR count). The van der Waals surface area contributed by atoms with Crippen LogP contribution in [0.5, 0.6) is 0 Å². The number of rotatable bonds is 6. The van der Waals surface area contributed by atoms with Gasteiger partial charge in [-0.3, -0.25) is 4.79 Å². The van der Waals surface area contributed by atoms with Crippen LogP contribution in [0.2, 0.25) is 0 Å². The Morgan fingerprint density at radius 1 is 1.13 bits per heavy atom. The molecule has 0 saturated carbocycles. The Labute approximate surface area is 172 Å². The first-order chi connectivity index (χ1) is 14.4. The van der Waals surface area contributed by atoms with Crippen LogP contribution in [-0.4, -0.2) is 33.0 Å². The fourth-order valence-corrected chi connectivity index (χ4v) is 3.30. The number of fused-ring (bicyclic) bond motifs is 1. The molecule has 0 spiro atoms. The van der Waals surface area contributed by atoms with Crippen molar-refractivity contribution in [1.29, 1.82) is 0 Å². The quantitative estimate of drug-likeness (QED) is 0.453. The van der Waals surface area contributed by atoms with Gasteiger partial charge in [0.05, 0.1) is 16.6 Å². The SMILES string of the molecule is Cc1ccc(-c2cc(C(=O)N[C@H](Cc3nc4ccccc4[nH]3)C(=O)O)c(C)o2)cc1. The summed E-state index contributed by atoms with van der Waals surface area (Å²) >= 11 is 0. The topological polar surface area (TPSA) is 108 Å². The molecule has 7 heteroatoms. The lowest BCUT2D eigenvalue weighted by Crippen LogP contribution is -2.42. The Kier molecular flexibility index (Phi) is 5.10. The van der Waals surface area contributed by atoms with Crippen molar-refractivity contribution >= 4 is 22.9 Å². The molecule has 3 N–H and O–H groups in total. The van der Waals surface area contributed by atoms with E-state index >= 15 is 0 Å². The monoisotopic (exact) mass is 403 g/mol. The van der Waals surface area contributed by atoms with Crippen LogP contribution in [0.15, 0.2) is 59.0 Å². The number of carbonyl (C=O) groups is 2. The summed E-state index contributed by atoms with van der Waals surface area (Å²) in [7, 11) is 0. The normalized spacial score (nSPS) is 12.1. The van der Waals surface area contributed by atoms with Crippen molar-refractivity contribution in [3.63, 3.8) is 0 Å². The van der Waals surface area contributed by atoms with Gasteiger partial charge in [-0.1, -0.05) is 42.0 Å². The van der Waals surface area contributed by atoms with E-state index in [1.165, 1.54) is 0 Å². The van der Waals surface area contributed by atoms with E-state index < -0.39 is 17.9 Å². The molecule has 0 bridgehead atoms. The van der Waals surface area contributed by atoms with E-state index in [0.29, 0.717) is 22.9 Å². The fraction of sp³-hybridized carbons (Fsp3) is 0.174. The number of para-hydroxylation sites is 2. The summed E-state index contributed by atoms with van der Waals surface area (Å²) in [5.41, 5.74) is 3.84. The highest BCUT2D eigenvalue weighted by Crippen LogP contribution is 2.26. The first-order valence-corrected chi connectivity index (χ1v) is 9.55. The number of nitrogens with zero attached hydrogens (tertiary/aromatic N) is 1. The molecule has 2 aromatic carbocycles. The number of aliphatic carboxylic acids is 1. The number of hydrogen-bond donors (Lipinski definition) is 3. The lowest BCUT2D eigenvalue weighted by molar-refractivity contribution is -0.139. The van der Waals surface area contributed by atoms with Gasteiger partial charge in [0.1, 0.15) is 23.4 Å². The molecule has 2 aromatic heterocycles.